The average Bonchev–Trinajstić information content (AvgIpc) is 2.84. The van der Waals surface area contributed by atoms with E-state index in [1.165, 1.54) is 14.2 Å². The van der Waals surface area contributed by atoms with E-state index in [1.807, 2.05) is 24.3 Å². The normalized spacial score (nSPS) is 10.8. The van der Waals surface area contributed by atoms with Gasteiger partial charge in [0, 0.05) is 20.4 Å². The van der Waals surface area contributed by atoms with E-state index in [0.717, 1.165) is 3.57 Å². The van der Waals surface area contributed by atoms with Crippen molar-refractivity contribution in [3.8, 4) is 17.2 Å². The lowest BCUT2D eigenvalue weighted by atomic mass is 10.1. The van der Waals surface area contributed by atoms with Crippen LogP contribution in [0.3, 0.4) is 0 Å². The number of benzene rings is 3. The van der Waals surface area contributed by atoms with E-state index >= 15 is 0 Å². The van der Waals surface area contributed by atoms with E-state index in [4.69, 9.17) is 14.2 Å². The van der Waals surface area contributed by atoms with Crippen LogP contribution in [0.1, 0.15) is 15.9 Å². The third kappa shape index (κ3) is 6.26. The van der Waals surface area contributed by atoms with Crippen LogP contribution in [0.4, 0.5) is 5.69 Å². The lowest BCUT2D eigenvalue weighted by Crippen LogP contribution is -2.30. The number of carbonyl (C=O) groups excluding carboxylic acids is 2. The molecule has 0 atom stereocenters. The van der Waals surface area contributed by atoms with Gasteiger partial charge in [0.15, 0.2) is 11.5 Å². The second kappa shape index (κ2) is 11.4. The highest BCUT2D eigenvalue weighted by molar-refractivity contribution is 14.1. The summed E-state index contributed by atoms with van der Waals surface area (Å²) in [5.74, 6) is 0.516. The Labute approximate surface area is 205 Å². The first-order valence-electron chi connectivity index (χ1n) is 9.90. The predicted octanol–water partition coefficient (Wildman–Crippen LogP) is 4.73. The molecule has 3 aromatic carbocycles. The molecule has 0 heterocycles. The van der Waals surface area contributed by atoms with Crippen LogP contribution in [-0.4, -0.2) is 33.1 Å². The Kier molecular flexibility index (Phi) is 8.31. The number of rotatable bonds is 8. The minimum absolute atomic E-state index is 0.0536. The van der Waals surface area contributed by atoms with Gasteiger partial charge in [0.05, 0.1) is 21.3 Å². The molecule has 0 saturated heterocycles. The first kappa shape index (κ1) is 24.1. The van der Waals surface area contributed by atoms with Gasteiger partial charge in [0.25, 0.3) is 11.8 Å². The second-order valence-electron chi connectivity index (χ2n) is 6.78. The maximum absolute atomic E-state index is 13.1. The van der Waals surface area contributed by atoms with E-state index in [1.54, 1.807) is 55.7 Å². The molecule has 0 spiro atoms. The summed E-state index contributed by atoms with van der Waals surface area (Å²) in [7, 11) is 4.54. The maximum atomic E-state index is 13.1. The van der Waals surface area contributed by atoms with Crippen molar-refractivity contribution in [2.24, 2.45) is 0 Å². The number of carbonyl (C=O) groups is 2. The number of hydrogen-bond acceptors (Lipinski definition) is 5. The summed E-state index contributed by atoms with van der Waals surface area (Å²) in [5.41, 5.74) is 1.60. The number of hydrogen-bond donors (Lipinski definition) is 2. The molecule has 170 valence electrons. The second-order valence-corrected chi connectivity index (χ2v) is 8.03. The highest BCUT2D eigenvalue weighted by atomic mass is 127. The highest BCUT2D eigenvalue weighted by Gasteiger charge is 2.17. The topological polar surface area (TPSA) is 85.9 Å². The van der Waals surface area contributed by atoms with Crippen LogP contribution in [0.5, 0.6) is 17.2 Å². The van der Waals surface area contributed by atoms with Crippen molar-refractivity contribution in [3.63, 3.8) is 0 Å². The fourth-order valence-electron chi connectivity index (χ4n) is 3.00. The third-order valence-corrected chi connectivity index (χ3v) is 5.40. The van der Waals surface area contributed by atoms with Crippen LogP contribution in [0, 0.1) is 3.57 Å². The van der Waals surface area contributed by atoms with Gasteiger partial charge in [0.2, 0.25) is 0 Å². The standard InChI is InChI=1S/C25H23IN2O5/c1-31-21-7-5-4-6-16(21)14-20(25(30)27-19-11-9-18(26)10-12-19)28-24(29)17-8-13-22(32-2)23(15-17)33-3/h4-15H,1-3H3,(H,27,30)(H,28,29). The largest absolute Gasteiger partial charge is 0.496 e. The number of ether oxygens (including phenoxy) is 3. The van der Waals surface area contributed by atoms with Crippen LogP contribution in [0.2, 0.25) is 0 Å². The van der Waals surface area contributed by atoms with Gasteiger partial charge in [-0.05, 0) is 77.2 Å². The molecule has 2 amide bonds. The molecule has 0 aromatic heterocycles. The first-order chi connectivity index (χ1) is 15.9. The number of amides is 2. The van der Waals surface area contributed by atoms with Crippen molar-refractivity contribution < 1.29 is 23.8 Å². The van der Waals surface area contributed by atoms with Crippen molar-refractivity contribution in [2.75, 3.05) is 26.6 Å². The van der Waals surface area contributed by atoms with Gasteiger partial charge in [-0.2, -0.15) is 0 Å². The molecule has 0 aliphatic rings. The Hall–Kier alpha value is -3.53. The van der Waals surface area contributed by atoms with Gasteiger partial charge in [-0.3, -0.25) is 9.59 Å². The molecule has 0 unspecified atom stereocenters. The van der Waals surface area contributed by atoms with Crippen molar-refractivity contribution >= 4 is 46.2 Å². The monoisotopic (exact) mass is 558 g/mol. The Bertz CT molecular complexity index is 1180. The molecule has 7 nitrogen and oxygen atoms in total. The quantitative estimate of drug-likeness (QED) is 0.309. The average molecular weight is 558 g/mol. The van der Waals surface area contributed by atoms with E-state index in [-0.39, 0.29) is 5.70 Å². The minimum Gasteiger partial charge on any atom is -0.496 e. The fraction of sp³-hybridized carbons (Fsp3) is 0.120. The van der Waals surface area contributed by atoms with Crippen LogP contribution in [0.15, 0.2) is 72.4 Å². The highest BCUT2D eigenvalue weighted by Crippen LogP contribution is 2.28. The molecule has 33 heavy (non-hydrogen) atoms. The molecule has 8 heteroatoms. The molecular formula is C25H23IN2O5. The summed E-state index contributed by atoms with van der Waals surface area (Å²) in [6, 6.07) is 19.3. The zero-order valence-corrected chi connectivity index (χ0v) is 20.5. The molecule has 0 bridgehead atoms. The van der Waals surface area contributed by atoms with Gasteiger partial charge in [-0.25, -0.2) is 0 Å². The van der Waals surface area contributed by atoms with Gasteiger partial charge in [-0.15, -0.1) is 0 Å². The lowest BCUT2D eigenvalue weighted by molar-refractivity contribution is -0.113. The first-order valence-corrected chi connectivity index (χ1v) is 11.0. The summed E-state index contributed by atoms with van der Waals surface area (Å²) in [5, 5.41) is 5.52. The fourth-order valence-corrected chi connectivity index (χ4v) is 3.36. The maximum Gasteiger partial charge on any atom is 0.272 e. The lowest BCUT2D eigenvalue weighted by Gasteiger charge is -2.13. The Balaban J connectivity index is 1.94. The van der Waals surface area contributed by atoms with Crippen molar-refractivity contribution in [1.82, 2.24) is 5.32 Å². The molecule has 0 saturated carbocycles. The molecular weight excluding hydrogens is 535 g/mol. The zero-order chi connectivity index (χ0) is 23.8. The van der Waals surface area contributed by atoms with Crippen LogP contribution >= 0.6 is 22.6 Å². The smallest absolute Gasteiger partial charge is 0.272 e. The molecule has 0 aliphatic heterocycles. The molecule has 0 fully saturated rings. The van der Waals surface area contributed by atoms with Gasteiger partial charge in [0.1, 0.15) is 11.4 Å². The van der Waals surface area contributed by atoms with Gasteiger partial charge >= 0.3 is 0 Å². The molecule has 0 radical (unpaired) electrons. The van der Waals surface area contributed by atoms with Crippen molar-refractivity contribution in [2.45, 2.75) is 0 Å². The van der Waals surface area contributed by atoms with Crippen molar-refractivity contribution in [3.05, 3.63) is 87.1 Å². The number of halogens is 1. The molecule has 3 aromatic rings. The van der Waals surface area contributed by atoms with Crippen LogP contribution in [0.25, 0.3) is 6.08 Å². The number of methoxy groups -OCH3 is 3. The van der Waals surface area contributed by atoms with Crippen molar-refractivity contribution in [1.29, 1.82) is 0 Å². The van der Waals surface area contributed by atoms with Crippen LogP contribution < -0.4 is 24.8 Å². The molecule has 0 aliphatic carbocycles. The predicted molar refractivity (Wildman–Crippen MR) is 136 cm³/mol. The van der Waals surface area contributed by atoms with E-state index in [2.05, 4.69) is 33.2 Å². The van der Waals surface area contributed by atoms with E-state index < -0.39 is 11.8 Å². The van der Waals surface area contributed by atoms with Crippen LogP contribution in [-0.2, 0) is 4.79 Å². The van der Waals surface area contributed by atoms with E-state index in [0.29, 0.717) is 34.1 Å². The molecule has 3 rings (SSSR count). The summed E-state index contributed by atoms with van der Waals surface area (Å²) in [6.45, 7) is 0. The zero-order valence-electron chi connectivity index (χ0n) is 18.3. The summed E-state index contributed by atoms with van der Waals surface area (Å²) in [4.78, 5) is 26.1. The Morgan fingerprint density at radius 3 is 2.15 bits per heavy atom. The summed E-state index contributed by atoms with van der Waals surface area (Å²) in [6.07, 6.45) is 1.57. The minimum atomic E-state index is -0.477. The number of nitrogens with one attached hydrogen (secondary N) is 2. The number of anilines is 1. The van der Waals surface area contributed by atoms with Gasteiger partial charge in [-0.1, -0.05) is 18.2 Å². The van der Waals surface area contributed by atoms with Gasteiger partial charge < -0.3 is 24.8 Å². The summed E-state index contributed by atoms with van der Waals surface area (Å²) < 4.78 is 16.9. The summed E-state index contributed by atoms with van der Waals surface area (Å²) >= 11 is 2.19. The van der Waals surface area contributed by atoms with E-state index in [9.17, 15) is 9.59 Å². The third-order valence-electron chi connectivity index (χ3n) is 4.68. The molecule has 2 N–H and O–H groups in total. The Morgan fingerprint density at radius 2 is 1.48 bits per heavy atom. The Morgan fingerprint density at radius 1 is 0.818 bits per heavy atom. The number of para-hydroxylation sites is 1. The SMILES string of the molecule is COc1ccccc1C=C(NC(=O)c1ccc(OC)c(OC)c1)C(=O)Nc1ccc(I)cc1.